The number of methoxy groups -OCH3 is 2. The van der Waals surface area contributed by atoms with Crippen molar-refractivity contribution in [2.75, 3.05) is 34.0 Å². The lowest BCUT2D eigenvalue weighted by molar-refractivity contribution is -0.154. The van der Waals surface area contributed by atoms with Gasteiger partial charge in [-0.05, 0) is 53.3 Å². The van der Waals surface area contributed by atoms with Crippen LogP contribution < -0.4 is 14.2 Å². The summed E-state index contributed by atoms with van der Waals surface area (Å²) in [6.07, 6.45) is 0.699. The fourth-order valence-electron chi connectivity index (χ4n) is 3.46. The maximum atomic E-state index is 12.5. The van der Waals surface area contributed by atoms with Crippen molar-refractivity contribution >= 4 is 11.9 Å². The minimum atomic E-state index is -0.579. The van der Waals surface area contributed by atoms with Crippen LogP contribution in [0, 0.1) is 0 Å². The Morgan fingerprint density at radius 3 is 2.23 bits per heavy atom. The Kier molecular flexibility index (Phi) is 7.39. The third-order valence-corrected chi connectivity index (χ3v) is 5.33. The summed E-state index contributed by atoms with van der Waals surface area (Å²) >= 11 is 0. The Morgan fingerprint density at radius 2 is 1.61 bits per heavy atom. The number of rotatable bonds is 8. The summed E-state index contributed by atoms with van der Waals surface area (Å²) in [5.74, 6) is 1.49. The topological polar surface area (TPSA) is 74.3 Å². The van der Waals surface area contributed by atoms with Gasteiger partial charge in [0.25, 0.3) is 5.91 Å². The first-order valence-electron chi connectivity index (χ1n) is 10.3. The molecule has 2 aromatic carbocycles. The Hall–Kier alpha value is -3.22. The first-order valence-corrected chi connectivity index (χ1v) is 10.3. The van der Waals surface area contributed by atoms with Crippen LogP contribution in [0.1, 0.15) is 36.5 Å². The normalized spacial score (nSPS) is 12.9. The molecule has 2 aromatic rings. The van der Waals surface area contributed by atoms with E-state index >= 15 is 0 Å². The number of hydrogen-bond acceptors (Lipinski definition) is 6. The molecular weight excluding hydrogens is 398 g/mol. The number of nitrogens with zero attached hydrogens (tertiary/aromatic N) is 1. The second-order valence-electron chi connectivity index (χ2n) is 7.71. The largest absolute Gasteiger partial charge is 0.493 e. The molecule has 0 bridgehead atoms. The van der Waals surface area contributed by atoms with Crippen LogP contribution in [0.4, 0.5) is 0 Å². The van der Waals surface area contributed by atoms with Gasteiger partial charge in [0.2, 0.25) is 0 Å². The molecule has 1 heterocycles. The van der Waals surface area contributed by atoms with Gasteiger partial charge in [-0.15, -0.1) is 0 Å². The van der Waals surface area contributed by atoms with Gasteiger partial charge >= 0.3 is 5.97 Å². The molecule has 0 saturated heterocycles. The average molecular weight is 427 g/mol. The van der Waals surface area contributed by atoms with Crippen LogP contribution in [0.3, 0.4) is 0 Å². The second-order valence-corrected chi connectivity index (χ2v) is 7.71. The van der Waals surface area contributed by atoms with Gasteiger partial charge in [0.05, 0.1) is 14.2 Å². The molecule has 7 nitrogen and oxygen atoms in total. The smallest absolute Gasteiger partial charge is 0.344 e. The van der Waals surface area contributed by atoms with Crippen LogP contribution in [-0.2, 0) is 27.3 Å². The van der Waals surface area contributed by atoms with Gasteiger partial charge in [0.1, 0.15) is 5.75 Å². The van der Waals surface area contributed by atoms with Crippen molar-refractivity contribution in [1.82, 2.24) is 4.90 Å². The number of benzene rings is 2. The van der Waals surface area contributed by atoms with E-state index in [0.29, 0.717) is 42.7 Å². The molecule has 0 N–H and O–H groups in total. The van der Waals surface area contributed by atoms with Crippen LogP contribution in [0.25, 0.3) is 0 Å². The predicted molar refractivity (Wildman–Crippen MR) is 116 cm³/mol. The highest BCUT2D eigenvalue weighted by Gasteiger charge is 2.23. The first kappa shape index (κ1) is 22.5. The third kappa shape index (κ3) is 5.69. The lowest BCUT2D eigenvalue weighted by atomic mass is 9.99. The highest BCUT2D eigenvalue weighted by molar-refractivity contribution is 5.81. The van der Waals surface area contributed by atoms with E-state index in [0.717, 1.165) is 11.1 Å². The molecular formula is C24H29NO6. The molecule has 0 atom stereocenters. The number of ether oxygens (including phenoxy) is 4. The maximum absolute atomic E-state index is 12.5. The van der Waals surface area contributed by atoms with E-state index in [2.05, 4.69) is 13.8 Å². The molecule has 0 saturated carbocycles. The lowest BCUT2D eigenvalue weighted by Crippen LogP contribution is -2.39. The molecule has 0 unspecified atom stereocenters. The van der Waals surface area contributed by atoms with Crippen LogP contribution >= 0.6 is 0 Å². The molecule has 1 amide bonds. The summed E-state index contributed by atoms with van der Waals surface area (Å²) in [7, 11) is 3.18. The standard InChI is InChI=1S/C24H29NO6/c1-16(2)17-5-7-20(8-6-17)30-15-24(27)31-14-23(26)25-10-9-18-11-21(28-3)22(29-4)12-19(18)13-25/h5-8,11-12,16H,9-10,13-15H2,1-4H3. The number of esters is 1. The van der Waals surface area contributed by atoms with Crippen LogP contribution in [0.15, 0.2) is 36.4 Å². The van der Waals surface area contributed by atoms with E-state index in [-0.39, 0.29) is 19.1 Å². The van der Waals surface area contributed by atoms with Gasteiger partial charge in [-0.3, -0.25) is 4.79 Å². The van der Waals surface area contributed by atoms with Crippen molar-refractivity contribution in [3.63, 3.8) is 0 Å². The van der Waals surface area contributed by atoms with Crippen molar-refractivity contribution in [3.05, 3.63) is 53.1 Å². The summed E-state index contributed by atoms with van der Waals surface area (Å²) in [6, 6.07) is 11.4. The van der Waals surface area contributed by atoms with E-state index in [9.17, 15) is 9.59 Å². The molecule has 166 valence electrons. The van der Waals surface area contributed by atoms with Crippen LogP contribution in [0.2, 0.25) is 0 Å². The quantitative estimate of drug-likeness (QED) is 0.602. The zero-order valence-electron chi connectivity index (χ0n) is 18.5. The molecule has 0 aromatic heterocycles. The molecule has 31 heavy (non-hydrogen) atoms. The number of carbonyl (C=O) groups excluding carboxylic acids is 2. The predicted octanol–water partition coefficient (Wildman–Crippen LogP) is 3.33. The van der Waals surface area contributed by atoms with E-state index in [1.54, 1.807) is 19.1 Å². The molecule has 0 radical (unpaired) electrons. The van der Waals surface area contributed by atoms with E-state index < -0.39 is 5.97 Å². The molecule has 7 heteroatoms. The number of hydrogen-bond donors (Lipinski definition) is 0. The van der Waals surface area contributed by atoms with Gasteiger partial charge in [0.15, 0.2) is 24.7 Å². The highest BCUT2D eigenvalue weighted by Crippen LogP contribution is 2.33. The highest BCUT2D eigenvalue weighted by atomic mass is 16.6. The summed E-state index contributed by atoms with van der Waals surface area (Å²) in [6.45, 7) is 4.66. The molecule has 1 aliphatic rings. The molecule has 0 spiro atoms. The van der Waals surface area contributed by atoms with Gasteiger partial charge < -0.3 is 23.8 Å². The number of fused-ring (bicyclic) bond motifs is 1. The molecule has 3 rings (SSSR count). The van der Waals surface area contributed by atoms with Crippen molar-refractivity contribution in [1.29, 1.82) is 0 Å². The SMILES string of the molecule is COc1cc2c(cc1OC)CN(C(=O)COC(=O)COc1ccc(C(C)C)cc1)CC2. The van der Waals surface area contributed by atoms with Gasteiger partial charge in [-0.25, -0.2) is 4.79 Å². The summed E-state index contributed by atoms with van der Waals surface area (Å²) < 4.78 is 21.2. The molecule has 1 aliphatic heterocycles. The Balaban J connectivity index is 1.48. The van der Waals surface area contributed by atoms with Crippen LogP contribution in [-0.4, -0.2) is 50.8 Å². The van der Waals surface area contributed by atoms with E-state index in [1.165, 1.54) is 5.56 Å². The van der Waals surface area contributed by atoms with Gasteiger partial charge in [0, 0.05) is 13.1 Å². The Bertz CT molecular complexity index is 922. The fourth-order valence-corrected chi connectivity index (χ4v) is 3.46. The third-order valence-electron chi connectivity index (χ3n) is 5.33. The van der Waals surface area contributed by atoms with E-state index in [1.807, 2.05) is 36.4 Å². The Labute approximate surface area is 182 Å². The van der Waals surface area contributed by atoms with Crippen molar-refractivity contribution in [2.45, 2.75) is 32.7 Å². The van der Waals surface area contributed by atoms with Crippen molar-refractivity contribution in [3.8, 4) is 17.2 Å². The van der Waals surface area contributed by atoms with E-state index in [4.69, 9.17) is 18.9 Å². The fraction of sp³-hybridized carbons (Fsp3) is 0.417. The lowest BCUT2D eigenvalue weighted by Gasteiger charge is -2.29. The summed E-state index contributed by atoms with van der Waals surface area (Å²) in [4.78, 5) is 26.2. The monoisotopic (exact) mass is 427 g/mol. The second kappa shape index (κ2) is 10.2. The first-order chi connectivity index (χ1) is 14.9. The van der Waals surface area contributed by atoms with Crippen LogP contribution in [0.5, 0.6) is 17.2 Å². The maximum Gasteiger partial charge on any atom is 0.344 e. The summed E-state index contributed by atoms with van der Waals surface area (Å²) in [5.41, 5.74) is 3.31. The minimum absolute atomic E-state index is 0.241. The zero-order valence-corrected chi connectivity index (χ0v) is 18.5. The van der Waals surface area contributed by atoms with Crippen molar-refractivity contribution in [2.24, 2.45) is 0 Å². The average Bonchev–Trinajstić information content (AvgIpc) is 2.79. The number of amides is 1. The van der Waals surface area contributed by atoms with Crippen molar-refractivity contribution < 1.29 is 28.5 Å². The van der Waals surface area contributed by atoms with Gasteiger partial charge in [-0.1, -0.05) is 26.0 Å². The zero-order chi connectivity index (χ0) is 22.4. The van der Waals surface area contributed by atoms with Gasteiger partial charge in [-0.2, -0.15) is 0 Å². The molecule has 0 fully saturated rings. The summed E-state index contributed by atoms with van der Waals surface area (Å²) in [5, 5.41) is 0. The minimum Gasteiger partial charge on any atom is -0.493 e. The molecule has 0 aliphatic carbocycles. The number of carbonyl (C=O) groups is 2. The Morgan fingerprint density at radius 1 is 0.968 bits per heavy atom.